The molecule has 1 amide bonds. The summed E-state index contributed by atoms with van der Waals surface area (Å²) in [5, 5.41) is 3.07. The lowest BCUT2D eigenvalue weighted by atomic mass is 10.2. The lowest BCUT2D eigenvalue weighted by Gasteiger charge is -2.15. The van der Waals surface area contributed by atoms with Crippen LogP contribution in [0.3, 0.4) is 0 Å². The highest BCUT2D eigenvalue weighted by atomic mass is 19.4. The monoisotopic (exact) mass is 377 g/mol. The number of carbonyl (C=O) groups is 1. The van der Waals surface area contributed by atoms with Crippen molar-refractivity contribution < 1.29 is 27.1 Å². The zero-order valence-electron chi connectivity index (χ0n) is 14.0. The Morgan fingerprint density at radius 3 is 2.59 bits per heavy atom. The van der Waals surface area contributed by atoms with E-state index in [-0.39, 0.29) is 11.4 Å². The first-order valence-corrected chi connectivity index (χ1v) is 7.91. The molecule has 1 unspecified atom stereocenters. The van der Waals surface area contributed by atoms with Gasteiger partial charge in [-0.1, -0.05) is 6.07 Å². The summed E-state index contributed by atoms with van der Waals surface area (Å²) in [7, 11) is 0. The molecule has 140 valence electrons. The smallest absolute Gasteiger partial charge is 0.416 e. The number of alkyl halides is 3. The average Bonchev–Trinajstić information content (AvgIpc) is 2.60. The summed E-state index contributed by atoms with van der Waals surface area (Å²) in [4.78, 5) is 23.5. The summed E-state index contributed by atoms with van der Waals surface area (Å²) >= 11 is 0. The van der Waals surface area contributed by atoms with E-state index in [4.69, 9.17) is 9.15 Å². The van der Waals surface area contributed by atoms with Gasteiger partial charge in [-0.05, 0) is 43.3 Å². The molecule has 0 spiro atoms. The molecule has 3 rings (SSSR count). The Balaban J connectivity index is 1.72. The summed E-state index contributed by atoms with van der Waals surface area (Å²) in [5.41, 5.74) is -1.08. The van der Waals surface area contributed by atoms with Crippen molar-refractivity contribution in [2.24, 2.45) is 0 Å². The van der Waals surface area contributed by atoms with Gasteiger partial charge < -0.3 is 14.5 Å². The maximum atomic E-state index is 12.7. The van der Waals surface area contributed by atoms with Gasteiger partial charge in [0.05, 0.1) is 5.56 Å². The number of nitrogens with one attached hydrogen (secondary N) is 1. The van der Waals surface area contributed by atoms with Crippen LogP contribution in [0.5, 0.6) is 5.75 Å². The van der Waals surface area contributed by atoms with Gasteiger partial charge in [0.25, 0.3) is 5.91 Å². The third-order valence-corrected chi connectivity index (χ3v) is 3.73. The molecule has 0 saturated carbocycles. The molecular formula is C19H14F3NO4. The molecule has 1 aromatic heterocycles. The van der Waals surface area contributed by atoms with Crippen LogP contribution in [0.2, 0.25) is 0 Å². The predicted octanol–water partition coefficient (Wildman–Crippen LogP) is 4.22. The zero-order valence-corrected chi connectivity index (χ0v) is 14.0. The fraction of sp³-hybridized carbons (Fsp3) is 0.158. The van der Waals surface area contributed by atoms with Gasteiger partial charge in [0.1, 0.15) is 11.3 Å². The number of amides is 1. The fourth-order valence-corrected chi connectivity index (χ4v) is 2.39. The van der Waals surface area contributed by atoms with Crippen LogP contribution in [-0.4, -0.2) is 12.0 Å². The highest BCUT2D eigenvalue weighted by Gasteiger charge is 2.30. The van der Waals surface area contributed by atoms with E-state index in [1.807, 2.05) is 0 Å². The summed E-state index contributed by atoms with van der Waals surface area (Å²) in [6.45, 7) is 1.45. The van der Waals surface area contributed by atoms with E-state index in [1.54, 1.807) is 18.2 Å². The largest absolute Gasteiger partial charge is 0.481 e. The average molecular weight is 377 g/mol. The van der Waals surface area contributed by atoms with Crippen LogP contribution in [0.25, 0.3) is 11.0 Å². The number of carbonyl (C=O) groups excluding carboxylic acids is 1. The Morgan fingerprint density at radius 2 is 1.85 bits per heavy atom. The molecule has 0 aliphatic carbocycles. The number of halogens is 3. The molecule has 0 aliphatic rings. The quantitative estimate of drug-likeness (QED) is 0.692. The van der Waals surface area contributed by atoms with E-state index in [0.717, 1.165) is 12.1 Å². The van der Waals surface area contributed by atoms with Crippen molar-refractivity contribution >= 4 is 22.6 Å². The molecule has 0 bridgehead atoms. The molecule has 27 heavy (non-hydrogen) atoms. The molecule has 1 atom stereocenters. The maximum Gasteiger partial charge on any atom is 0.416 e. The second kappa shape index (κ2) is 7.14. The number of hydrogen-bond acceptors (Lipinski definition) is 4. The van der Waals surface area contributed by atoms with Crippen molar-refractivity contribution in [1.82, 2.24) is 0 Å². The Bertz CT molecular complexity index is 1040. The van der Waals surface area contributed by atoms with E-state index in [9.17, 15) is 22.8 Å². The first-order valence-electron chi connectivity index (χ1n) is 7.91. The first-order chi connectivity index (χ1) is 12.7. The number of fused-ring (bicyclic) bond motifs is 1. The number of ether oxygens (including phenoxy) is 1. The van der Waals surface area contributed by atoms with Crippen molar-refractivity contribution in [2.75, 3.05) is 5.32 Å². The fourth-order valence-electron chi connectivity index (χ4n) is 2.39. The van der Waals surface area contributed by atoms with Crippen LogP contribution in [-0.2, 0) is 11.0 Å². The van der Waals surface area contributed by atoms with Gasteiger partial charge in [-0.25, -0.2) is 4.79 Å². The Labute approximate surface area is 151 Å². The summed E-state index contributed by atoms with van der Waals surface area (Å²) in [6.07, 6.45) is -5.50. The molecule has 5 nitrogen and oxygen atoms in total. The molecule has 0 aliphatic heterocycles. The van der Waals surface area contributed by atoms with E-state index in [0.29, 0.717) is 11.0 Å². The summed E-state index contributed by atoms with van der Waals surface area (Å²) < 4.78 is 48.8. The van der Waals surface area contributed by atoms with Crippen LogP contribution in [0.4, 0.5) is 18.9 Å². The lowest BCUT2D eigenvalue weighted by Crippen LogP contribution is -2.30. The van der Waals surface area contributed by atoms with Crippen molar-refractivity contribution in [3.63, 3.8) is 0 Å². The van der Waals surface area contributed by atoms with Gasteiger partial charge in [-0.2, -0.15) is 13.2 Å². The van der Waals surface area contributed by atoms with E-state index < -0.39 is 29.4 Å². The van der Waals surface area contributed by atoms with E-state index >= 15 is 0 Å². The molecular weight excluding hydrogens is 363 g/mol. The third kappa shape index (κ3) is 4.46. The third-order valence-electron chi connectivity index (χ3n) is 3.73. The summed E-state index contributed by atoms with van der Waals surface area (Å²) in [5.74, 6) is -0.340. The number of rotatable bonds is 4. The minimum absolute atomic E-state index is 0.00906. The number of anilines is 1. The van der Waals surface area contributed by atoms with Crippen molar-refractivity contribution in [3.8, 4) is 5.75 Å². The van der Waals surface area contributed by atoms with Crippen LogP contribution in [0.1, 0.15) is 12.5 Å². The van der Waals surface area contributed by atoms with Gasteiger partial charge in [-0.15, -0.1) is 0 Å². The Morgan fingerprint density at radius 1 is 1.11 bits per heavy atom. The second-order valence-electron chi connectivity index (χ2n) is 5.78. The topological polar surface area (TPSA) is 68.5 Å². The lowest BCUT2D eigenvalue weighted by molar-refractivity contribution is -0.137. The van der Waals surface area contributed by atoms with Crippen LogP contribution in [0, 0.1) is 0 Å². The van der Waals surface area contributed by atoms with E-state index in [1.165, 1.54) is 31.2 Å². The first kappa shape index (κ1) is 18.5. The minimum Gasteiger partial charge on any atom is -0.481 e. The highest BCUT2D eigenvalue weighted by molar-refractivity contribution is 5.94. The van der Waals surface area contributed by atoms with E-state index in [2.05, 4.69) is 5.32 Å². The molecule has 1 heterocycles. The minimum atomic E-state index is -4.50. The number of benzene rings is 2. The maximum absolute atomic E-state index is 12.7. The van der Waals surface area contributed by atoms with Crippen LogP contribution in [0.15, 0.2) is 63.8 Å². The molecule has 1 N–H and O–H groups in total. The molecule has 3 aromatic rings. The molecule has 2 aromatic carbocycles. The van der Waals surface area contributed by atoms with Crippen molar-refractivity contribution in [3.05, 3.63) is 70.6 Å². The van der Waals surface area contributed by atoms with Gasteiger partial charge in [-0.3, -0.25) is 4.79 Å². The zero-order chi connectivity index (χ0) is 19.6. The molecule has 8 heteroatoms. The normalized spacial score (nSPS) is 12.6. The second-order valence-corrected chi connectivity index (χ2v) is 5.78. The van der Waals surface area contributed by atoms with Crippen LogP contribution < -0.4 is 15.7 Å². The van der Waals surface area contributed by atoms with Gasteiger partial charge in [0.2, 0.25) is 0 Å². The van der Waals surface area contributed by atoms with Crippen molar-refractivity contribution in [1.29, 1.82) is 0 Å². The predicted molar refractivity (Wildman–Crippen MR) is 92.6 cm³/mol. The SMILES string of the molecule is CC(Oc1ccc2ccc(=O)oc2c1)C(=O)Nc1cccc(C(F)(F)F)c1. The molecule has 0 saturated heterocycles. The Hall–Kier alpha value is -3.29. The number of hydrogen-bond donors (Lipinski definition) is 1. The van der Waals surface area contributed by atoms with Gasteiger partial charge >= 0.3 is 11.8 Å². The molecule has 0 radical (unpaired) electrons. The van der Waals surface area contributed by atoms with Gasteiger partial charge in [0, 0.05) is 23.2 Å². The van der Waals surface area contributed by atoms with Crippen molar-refractivity contribution in [2.45, 2.75) is 19.2 Å². The standard InChI is InChI=1S/C19H14F3NO4/c1-11(18(25)23-14-4-2-3-13(9-14)19(20,21)22)26-15-7-5-12-6-8-17(24)27-16(12)10-15/h2-11H,1H3,(H,23,25). The molecule has 0 fully saturated rings. The highest BCUT2D eigenvalue weighted by Crippen LogP contribution is 2.30. The Kier molecular flexibility index (Phi) is 4.89. The summed E-state index contributed by atoms with van der Waals surface area (Å²) in [6, 6.07) is 11.9. The van der Waals surface area contributed by atoms with Gasteiger partial charge in [0.15, 0.2) is 6.10 Å². The van der Waals surface area contributed by atoms with Crippen LogP contribution >= 0.6 is 0 Å².